The molecule has 0 amide bonds. The fraction of sp³-hybridized carbons (Fsp3) is 1.00. The van der Waals surface area contributed by atoms with Gasteiger partial charge in [0.05, 0.1) is 6.61 Å². The first kappa shape index (κ1) is 11.3. The predicted molar refractivity (Wildman–Crippen MR) is 56.3 cm³/mol. The Balaban J connectivity index is 2.05. The number of halogens is 1. The van der Waals surface area contributed by atoms with Crippen molar-refractivity contribution >= 4 is 11.6 Å². The number of alkyl halides is 1. The van der Waals surface area contributed by atoms with E-state index in [1.807, 2.05) is 0 Å². The third-order valence-corrected chi connectivity index (χ3v) is 2.96. The Hall–Kier alpha value is 0.210. The van der Waals surface area contributed by atoms with Crippen LogP contribution in [0.1, 0.15) is 25.7 Å². The van der Waals surface area contributed by atoms with Crippen LogP contribution in [0.2, 0.25) is 0 Å². The molecule has 0 heterocycles. The zero-order chi connectivity index (χ0) is 9.52. The van der Waals surface area contributed by atoms with Gasteiger partial charge < -0.3 is 10.1 Å². The van der Waals surface area contributed by atoms with Crippen LogP contribution < -0.4 is 5.32 Å². The van der Waals surface area contributed by atoms with E-state index in [-0.39, 0.29) is 0 Å². The average molecular weight is 206 g/mol. The number of hydrogen-bond donors (Lipinski definition) is 1. The van der Waals surface area contributed by atoms with Crippen LogP contribution in [-0.4, -0.2) is 32.2 Å². The van der Waals surface area contributed by atoms with E-state index in [0.29, 0.717) is 11.9 Å². The molecule has 3 heteroatoms. The summed E-state index contributed by atoms with van der Waals surface area (Å²) in [6, 6.07) is 0.447. The summed E-state index contributed by atoms with van der Waals surface area (Å²) >= 11 is 5.70. The molecule has 0 radical (unpaired) electrons. The minimum atomic E-state index is 0.447. The number of ether oxygens (including phenoxy) is 1. The van der Waals surface area contributed by atoms with Crippen LogP contribution in [-0.2, 0) is 4.74 Å². The third-order valence-electron chi connectivity index (χ3n) is 2.75. The molecule has 1 rings (SSSR count). The van der Waals surface area contributed by atoms with Crippen molar-refractivity contribution < 1.29 is 4.74 Å². The summed E-state index contributed by atoms with van der Waals surface area (Å²) in [4.78, 5) is 0. The molecule has 1 unspecified atom stereocenters. The molecule has 0 aliphatic heterocycles. The number of rotatable bonds is 7. The molecular weight excluding hydrogens is 186 g/mol. The van der Waals surface area contributed by atoms with Crippen LogP contribution in [0.25, 0.3) is 0 Å². The van der Waals surface area contributed by atoms with E-state index in [9.17, 15) is 0 Å². The van der Waals surface area contributed by atoms with Crippen molar-refractivity contribution in [3.05, 3.63) is 0 Å². The first-order valence-corrected chi connectivity index (χ1v) is 5.68. The summed E-state index contributed by atoms with van der Waals surface area (Å²) in [5.74, 6) is 1.63. The van der Waals surface area contributed by atoms with Crippen molar-refractivity contribution in [1.82, 2.24) is 5.32 Å². The smallest absolute Gasteiger partial charge is 0.0616 e. The van der Waals surface area contributed by atoms with Crippen molar-refractivity contribution in [3.8, 4) is 0 Å². The summed E-state index contributed by atoms with van der Waals surface area (Å²) in [7, 11) is 1.74. The standard InChI is InChI=1S/C10H20ClNO/c1-13-8-10(5-6-11)12-7-9-3-2-4-9/h9-10,12H,2-8H2,1H3. The van der Waals surface area contributed by atoms with Gasteiger partial charge in [-0.2, -0.15) is 0 Å². The van der Waals surface area contributed by atoms with Gasteiger partial charge in [0, 0.05) is 19.0 Å². The predicted octanol–water partition coefficient (Wildman–Crippen LogP) is 2.02. The van der Waals surface area contributed by atoms with Gasteiger partial charge in [-0.3, -0.25) is 0 Å². The fourth-order valence-corrected chi connectivity index (χ4v) is 1.87. The molecule has 13 heavy (non-hydrogen) atoms. The Kier molecular flexibility index (Phi) is 5.76. The highest BCUT2D eigenvalue weighted by molar-refractivity contribution is 6.17. The second kappa shape index (κ2) is 6.63. The van der Waals surface area contributed by atoms with Gasteiger partial charge in [-0.15, -0.1) is 11.6 Å². The molecule has 1 aliphatic rings. The number of nitrogens with one attached hydrogen (secondary N) is 1. The maximum Gasteiger partial charge on any atom is 0.0616 e. The van der Waals surface area contributed by atoms with Crippen LogP contribution >= 0.6 is 11.6 Å². The zero-order valence-electron chi connectivity index (χ0n) is 8.39. The van der Waals surface area contributed by atoms with Gasteiger partial charge in [0.25, 0.3) is 0 Å². The molecule has 0 spiro atoms. The number of methoxy groups -OCH3 is 1. The topological polar surface area (TPSA) is 21.3 Å². The Morgan fingerprint density at radius 3 is 2.77 bits per heavy atom. The Bertz CT molecular complexity index is 122. The van der Waals surface area contributed by atoms with Gasteiger partial charge in [0.2, 0.25) is 0 Å². The largest absolute Gasteiger partial charge is 0.383 e. The molecule has 1 N–H and O–H groups in total. The van der Waals surface area contributed by atoms with E-state index in [0.717, 1.165) is 25.5 Å². The van der Waals surface area contributed by atoms with E-state index in [1.54, 1.807) is 7.11 Å². The lowest BCUT2D eigenvalue weighted by Gasteiger charge is -2.28. The summed E-state index contributed by atoms with van der Waals surface area (Å²) in [5.41, 5.74) is 0. The van der Waals surface area contributed by atoms with Crippen LogP contribution in [0, 0.1) is 5.92 Å². The van der Waals surface area contributed by atoms with Crippen LogP contribution in [0.15, 0.2) is 0 Å². The monoisotopic (exact) mass is 205 g/mol. The van der Waals surface area contributed by atoms with Gasteiger partial charge >= 0.3 is 0 Å². The van der Waals surface area contributed by atoms with E-state index >= 15 is 0 Å². The highest BCUT2D eigenvalue weighted by Gasteiger charge is 2.18. The second-order valence-corrected chi connectivity index (χ2v) is 4.21. The maximum atomic E-state index is 5.70. The van der Waals surface area contributed by atoms with Crippen LogP contribution in [0.5, 0.6) is 0 Å². The summed E-state index contributed by atoms with van der Waals surface area (Å²) in [6.07, 6.45) is 5.21. The van der Waals surface area contributed by atoms with Gasteiger partial charge in [-0.05, 0) is 31.7 Å². The van der Waals surface area contributed by atoms with E-state index in [4.69, 9.17) is 16.3 Å². The molecular formula is C10H20ClNO. The summed E-state index contributed by atoms with van der Waals surface area (Å²) in [6.45, 7) is 1.92. The molecule has 78 valence electrons. The first-order valence-electron chi connectivity index (χ1n) is 5.15. The van der Waals surface area contributed by atoms with Crippen LogP contribution in [0.4, 0.5) is 0 Å². The maximum absolute atomic E-state index is 5.70. The average Bonchev–Trinajstić information content (AvgIpc) is 2.02. The molecule has 1 saturated carbocycles. The highest BCUT2D eigenvalue weighted by atomic mass is 35.5. The fourth-order valence-electron chi connectivity index (χ4n) is 1.61. The Labute approximate surface area is 86.0 Å². The third kappa shape index (κ3) is 4.30. The molecule has 1 atom stereocenters. The molecule has 1 fully saturated rings. The summed E-state index contributed by atoms with van der Waals surface area (Å²) < 4.78 is 5.12. The lowest BCUT2D eigenvalue weighted by Crippen LogP contribution is -2.38. The molecule has 2 nitrogen and oxygen atoms in total. The Morgan fingerprint density at radius 1 is 1.54 bits per heavy atom. The molecule has 1 aliphatic carbocycles. The molecule has 0 aromatic heterocycles. The quantitative estimate of drug-likeness (QED) is 0.643. The SMILES string of the molecule is COCC(CCCl)NCC1CCC1. The molecule has 0 bridgehead atoms. The van der Waals surface area contributed by atoms with Crippen molar-refractivity contribution in [2.24, 2.45) is 5.92 Å². The first-order chi connectivity index (χ1) is 6.36. The second-order valence-electron chi connectivity index (χ2n) is 3.84. The Morgan fingerprint density at radius 2 is 2.31 bits per heavy atom. The van der Waals surface area contributed by atoms with Crippen molar-refractivity contribution in [3.63, 3.8) is 0 Å². The summed E-state index contributed by atoms with van der Waals surface area (Å²) in [5, 5.41) is 3.51. The minimum absolute atomic E-state index is 0.447. The van der Waals surface area contributed by atoms with E-state index < -0.39 is 0 Å². The van der Waals surface area contributed by atoms with E-state index in [1.165, 1.54) is 19.3 Å². The van der Waals surface area contributed by atoms with E-state index in [2.05, 4.69) is 5.32 Å². The van der Waals surface area contributed by atoms with Crippen LogP contribution in [0.3, 0.4) is 0 Å². The number of hydrogen-bond acceptors (Lipinski definition) is 2. The van der Waals surface area contributed by atoms with Crippen molar-refractivity contribution in [1.29, 1.82) is 0 Å². The lowest BCUT2D eigenvalue weighted by molar-refractivity contribution is 0.157. The van der Waals surface area contributed by atoms with Crippen molar-refractivity contribution in [2.45, 2.75) is 31.7 Å². The molecule has 0 aromatic carbocycles. The minimum Gasteiger partial charge on any atom is -0.383 e. The normalized spacial score (nSPS) is 19.8. The van der Waals surface area contributed by atoms with Gasteiger partial charge in [0.1, 0.15) is 0 Å². The van der Waals surface area contributed by atoms with Gasteiger partial charge in [0.15, 0.2) is 0 Å². The van der Waals surface area contributed by atoms with Gasteiger partial charge in [-0.1, -0.05) is 6.42 Å². The zero-order valence-corrected chi connectivity index (χ0v) is 9.15. The highest BCUT2D eigenvalue weighted by Crippen LogP contribution is 2.25. The van der Waals surface area contributed by atoms with Crippen molar-refractivity contribution in [2.75, 3.05) is 26.1 Å². The molecule has 0 aromatic rings. The van der Waals surface area contributed by atoms with Gasteiger partial charge in [-0.25, -0.2) is 0 Å². The lowest BCUT2D eigenvalue weighted by atomic mass is 9.85. The molecule has 0 saturated heterocycles.